The topological polar surface area (TPSA) is 78.4 Å². The van der Waals surface area contributed by atoms with Crippen LogP contribution in [-0.2, 0) is 13.0 Å². The Balaban J connectivity index is 1.42. The largest absolute Gasteiger partial charge is 0.465 e. The number of carboxylic acid groups (broad SMARTS) is 1. The first-order valence-corrected chi connectivity index (χ1v) is 11.1. The number of fused-ring (bicyclic) bond motifs is 1. The zero-order valence-corrected chi connectivity index (χ0v) is 18.5. The van der Waals surface area contributed by atoms with Crippen LogP contribution < -0.4 is 4.74 Å². The number of nitrogens with zero attached hydrogens (tertiary/aromatic N) is 2. The smallest absolute Gasteiger partial charge is 0.407 e. The quantitative estimate of drug-likeness (QED) is 0.485. The maximum absolute atomic E-state index is 11.9. The van der Waals surface area contributed by atoms with Gasteiger partial charge < -0.3 is 19.7 Å². The van der Waals surface area contributed by atoms with Crippen LogP contribution in [0.1, 0.15) is 57.8 Å². The number of benzene rings is 2. The second-order valence-electron chi connectivity index (χ2n) is 9.27. The van der Waals surface area contributed by atoms with Crippen LogP contribution in [0.25, 0.3) is 11.0 Å². The Morgan fingerprint density at radius 3 is 2.48 bits per heavy atom. The second-order valence-corrected chi connectivity index (χ2v) is 9.27. The molecular weight excluding hydrogens is 390 g/mol. The highest BCUT2D eigenvalue weighted by Gasteiger charge is 2.32. The van der Waals surface area contributed by atoms with Crippen molar-refractivity contribution in [1.29, 1.82) is 0 Å². The Morgan fingerprint density at radius 2 is 1.84 bits per heavy atom. The maximum Gasteiger partial charge on any atom is 0.407 e. The highest BCUT2D eigenvalue weighted by atomic mass is 16.5. The number of amides is 1. The highest BCUT2D eigenvalue weighted by Crippen LogP contribution is 2.37. The molecule has 0 aliphatic heterocycles. The van der Waals surface area contributed by atoms with Crippen molar-refractivity contribution in [3.63, 3.8) is 0 Å². The molecule has 1 aliphatic carbocycles. The molecule has 2 N–H and O–H groups in total. The molecule has 0 radical (unpaired) electrons. The molecule has 164 valence electrons. The summed E-state index contributed by atoms with van der Waals surface area (Å²) < 4.78 is 6.00. The van der Waals surface area contributed by atoms with Crippen molar-refractivity contribution in [1.82, 2.24) is 14.9 Å². The molecule has 1 aliphatic rings. The van der Waals surface area contributed by atoms with E-state index in [9.17, 15) is 9.90 Å². The Labute approximate surface area is 183 Å². The summed E-state index contributed by atoms with van der Waals surface area (Å²) in [5, 5.41) is 9.77. The standard InChI is InChI=1S/C25H31N3O3/c1-4-23-26-21-10-9-20(15-22(21)27-23)31-19-7-5-17(6-8-19)16-28(24(29)30)18-11-13-25(2,3)14-12-18/h5-10,15,18H,4,11-14,16H2,1-3H3,(H,26,27)(H,29,30). The fourth-order valence-electron chi connectivity index (χ4n) is 4.32. The lowest BCUT2D eigenvalue weighted by molar-refractivity contribution is 0.0852. The Hall–Kier alpha value is -3.02. The number of ether oxygens (including phenoxy) is 1. The minimum Gasteiger partial charge on any atom is -0.465 e. The monoisotopic (exact) mass is 421 g/mol. The summed E-state index contributed by atoms with van der Waals surface area (Å²) in [5.41, 5.74) is 3.17. The third-order valence-corrected chi connectivity index (χ3v) is 6.34. The Bertz CT molecular complexity index is 1050. The number of rotatable bonds is 6. The number of hydrogen-bond donors (Lipinski definition) is 2. The van der Waals surface area contributed by atoms with Gasteiger partial charge in [-0.2, -0.15) is 0 Å². The van der Waals surface area contributed by atoms with Gasteiger partial charge in [-0.1, -0.05) is 32.9 Å². The number of aromatic nitrogens is 2. The van der Waals surface area contributed by atoms with Gasteiger partial charge in [0.2, 0.25) is 0 Å². The van der Waals surface area contributed by atoms with E-state index >= 15 is 0 Å². The average molecular weight is 422 g/mol. The lowest BCUT2D eigenvalue weighted by atomic mass is 9.75. The summed E-state index contributed by atoms with van der Waals surface area (Å²) in [4.78, 5) is 21.3. The summed E-state index contributed by atoms with van der Waals surface area (Å²) >= 11 is 0. The number of imidazole rings is 1. The van der Waals surface area contributed by atoms with Gasteiger partial charge in [0.05, 0.1) is 11.0 Å². The number of aryl methyl sites for hydroxylation is 1. The van der Waals surface area contributed by atoms with E-state index in [-0.39, 0.29) is 6.04 Å². The van der Waals surface area contributed by atoms with Crippen molar-refractivity contribution < 1.29 is 14.6 Å². The van der Waals surface area contributed by atoms with Crippen molar-refractivity contribution in [2.45, 2.75) is 65.5 Å². The van der Waals surface area contributed by atoms with Crippen molar-refractivity contribution in [2.75, 3.05) is 0 Å². The van der Waals surface area contributed by atoms with Crippen LogP contribution in [-0.4, -0.2) is 32.1 Å². The van der Waals surface area contributed by atoms with Gasteiger partial charge in [-0.05, 0) is 60.9 Å². The number of H-pyrrole nitrogens is 1. The van der Waals surface area contributed by atoms with E-state index in [0.717, 1.165) is 66.0 Å². The number of aromatic amines is 1. The molecule has 0 saturated heterocycles. The lowest BCUT2D eigenvalue weighted by Crippen LogP contribution is -2.42. The van der Waals surface area contributed by atoms with Gasteiger partial charge in [0.1, 0.15) is 17.3 Å². The molecule has 31 heavy (non-hydrogen) atoms. The molecular formula is C25H31N3O3. The zero-order valence-electron chi connectivity index (χ0n) is 18.5. The normalized spacial score (nSPS) is 16.4. The summed E-state index contributed by atoms with van der Waals surface area (Å²) in [7, 11) is 0. The van der Waals surface area contributed by atoms with Crippen molar-refractivity contribution in [3.05, 3.63) is 53.9 Å². The molecule has 1 saturated carbocycles. The molecule has 6 nitrogen and oxygen atoms in total. The van der Waals surface area contributed by atoms with Crippen LogP contribution in [0.2, 0.25) is 0 Å². The van der Waals surface area contributed by atoms with Gasteiger partial charge in [-0.3, -0.25) is 0 Å². The molecule has 0 unspecified atom stereocenters. The molecule has 1 fully saturated rings. The first-order valence-electron chi connectivity index (χ1n) is 11.1. The molecule has 0 atom stereocenters. The van der Waals surface area contributed by atoms with Crippen LogP contribution in [0.15, 0.2) is 42.5 Å². The van der Waals surface area contributed by atoms with E-state index in [4.69, 9.17) is 4.74 Å². The van der Waals surface area contributed by atoms with E-state index in [1.54, 1.807) is 4.90 Å². The van der Waals surface area contributed by atoms with Crippen LogP contribution in [0.4, 0.5) is 4.79 Å². The summed E-state index contributed by atoms with van der Waals surface area (Å²) in [6.45, 7) is 7.00. The molecule has 3 aromatic rings. The lowest BCUT2D eigenvalue weighted by Gasteiger charge is -2.39. The van der Waals surface area contributed by atoms with E-state index in [0.29, 0.717) is 12.0 Å². The van der Waals surface area contributed by atoms with Gasteiger partial charge >= 0.3 is 6.09 Å². The first kappa shape index (κ1) is 21.2. The summed E-state index contributed by atoms with van der Waals surface area (Å²) in [5.74, 6) is 2.42. The fourth-order valence-corrected chi connectivity index (χ4v) is 4.32. The maximum atomic E-state index is 11.9. The molecule has 2 aromatic carbocycles. The van der Waals surface area contributed by atoms with Crippen LogP contribution in [0.5, 0.6) is 11.5 Å². The SMILES string of the molecule is CCc1nc2ccc(Oc3ccc(CN(C(=O)O)C4CCC(C)(C)CC4)cc3)cc2[nH]1. The summed E-state index contributed by atoms with van der Waals surface area (Å²) in [6, 6.07) is 13.6. The molecule has 6 heteroatoms. The Morgan fingerprint density at radius 1 is 1.16 bits per heavy atom. The van der Waals surface area contributed by atoms with Crippen molar-refractivity contribution >= 4 is 17.1 Å². The van der Waals surface area contributed by atoms with E-state index < -0.39 is 6.09 Å². The van der Waals surface area contributed by atoms with Crippen LogP contribution in [0.3, 0.4) is 0 Å². The van der Waals surface area contributed by atoms with Crippen LogP contribution in [0, 0.1) is 5.41 Å². The van der Waals surface area contributed by atoms with E-state index in [1.165, 1.54) is 0 Å². The fraction of sp³-hybridized carbons (Fsp3) is 0.440. The second kappa shape index (κ2) is 8.61. The summed E-state index contributed by atoms with van der Waals surface area (Å²) in [6.07, 6.45) is 4.00. The molecule has 0 spiro atoms. The minimum atomic E-state index is -0.843. The number of nitrogens with one attached hydrogen (secondary N) is 1. The highest BCUT2D eigenvalue weighted by molar-refractivity contribution is 5.77. The van der Waals surface area contributed by atoms with Gasteiger partial charge in [0, 0.05) is 25.1 Å². The number of carbonyl (C=O) groups is 1. The van der Waals surface area contributed by atoms with Gasteiger partial charge in [0.15, 0.2) is 0 Å². The predicted molar refractivity (Wildman–Crippen MR) is 122 cm³/mol. The van der Waals surface area contributed by atoms with E-state index in [2.05, 4.69) is 30.7 Å². The minimum absolute atomic E-state index is 0.0931. The number of hydrogen-bond acceptors (Lipinski definition) is 3. The molecule has 4 rings (SSSR count). The molecule has 1 heterocycles. The van der Waals surface area contributed by atoms with E-state index in [1.807, 2.05) is 42.5 Å². The molecule has 0 bridgehead atoms. The first-order chi connectivity index (χ1) is 14.8. The van der Waals surface area contributed by atoms with Gasteiger partial charge in [0.25, 0.3) is 0 Å². The van der Waals surface area contributed by atoms with Gasteiger partial charge in [-0.15, -0.1) is 0 Å². The molecule has 1 amide bonds. The van der Waals surface area contributed by atoms with Crippen LogP contribution >= 0.6 is 0 Å². The zero-order chi connectivity index (χ0) is 22.0. The Kier molecular flexibility index (Phi) is 5.90. The third-order valence-electron chi connectivity index (χ3n) is 6.34. The van der Waals surface area contributed by atoms with Crippen molar-refractivity contribution in [2.24, 2.45) is 5.41 Å². The van der Waals surface area contributed by atoms with Gasteiger partial charge in [-0.25, -0.2) is 9.78 Å². The average Bonchev–Trinajstić information content (AvgIpc) is 3.16. The third kappa shape index (κ3) is 5.01. The van der Waals surface area contributed by atoms with Crippen molar-refractivity contribution in [3.8, 4) is 11.5 Å². The molecule has 1 aromatic heterocycles. The predicted octanol–water partition coefficient (Wildman–Crippen LogP) is 6.37.